The summed E-state index contributed by atoms with van der Waals surface area (Å²) in [5.74, 6) is -0.411. The molecule has 1 heterocycles. The molecule has 2 aromatic rings. The fourth-order valence-corrected chi connectivity index (χ4v) is 2.16. The normalized spacial score (nSPS) is 16.0. The van der Waals surface area contributed by atoms with E-state index in [0.717, 1.165) is 16.7 Å². The highest BCUT2D eigenvalue weighted by Gasteiger charge is 2.26. The predicted molar refractivity (Wildman–Crippen MR) is 83.0 cm³/mol. The smallest absolute Gasteiger partial charge is 0.312 e. The molecule has 0 saturated carbocycles. The number of nitrogens with zero attached hydrogens (tertiary/aromatic N) is 1. The Labute approximate surface area is 123 Å². The summed E-state index contributed by atoms with van der Waals surface area (Å²) in [5.41, 5.74) is 5.24. The summed E-state index contributed by atoms with van der Waals surface area (Å²) in [6.45, 7) is 4.05. The van der Waals surface area contributed by atoms with Gasteiger partial charge < -0.3 is 4.84 Å². The molecule has 3 rings (SSSR count). The molecule has 0 aromatic heterocycles. The van der Waals surface area contributed by atoms with Crippen LogP contribution in [-0.2, 0) is 9.63 Å². The average molecular weight is 277 g/mol. The number of aryl methyl sites for hydroxylation is 2. The van der Waals surface area contributed by atoms with Gasteiger partial charge in [0.15, 0.2) is 0 Å². The molecule has 104 valence electrons. The molecule has 0 bridgehead atoms. The minimum Gasteiger partial charge on any atom is -0.312 e. The second-order valence-corrected chi connectivity index (χ2v) is 5.15. The molecular weight excluding hydrogens is 262 g/mol. The molecule has 0 fully saturated rings. The van der Waals surface area contributed by atoms with Gasteiger partial charge in [-0.15, -0.1) is 0 Å². The lowest BCUT2D eigenvalue weighted by Crippen LogP contribution is -2.06. The van der Waals surface area contributed by atoms with Gasteiger partial charge in [0, 0.05) is 5.56 Å². The zero-order valence-corrected chi connectivity index (χ0v) is 12.0. The van der Waals surface area contributed by atoms with E-state index in [1.165, 1.54) is 5.56 Å². The van der Waals surface area contributed by atoms with Crippen LogP contribution in [0, 0.1) is 13.8 Å². The van der Waals surface area contributed by atoms with Crippen LogP contribution in [0.3, 0.4) is 0 Å². The first-order valence-electron chi connectivity index (χ1n) is 6.78. The highest BCUT2D eigenvalue weighted by Crippen LogP contribution is 2.21. The predicted octanol–water partition coefficient (Wildman–Crippen LogP) is 3.65. The van der Waals surface area contributed by atoms with Gasteiger partial charge >= 0.3 is 5.97 Å². The molecule has 21 heavy (non-hydrogen) atoms. The Morgan fingerprint density at radius 1 is 0.905 bits per heavy atom. The monoisotopic (exact) mass is 277 g/mol. The van der Waals surface area contributed by atoms with Crippen LogP contribution in [0.15, 0.2) is 59.3 Å². The Kier molecular flexibility index (Phi) is 3.40. The lowest BCUT2D eigenvalue weighted by molar-refractivity contribution is -0.136. The number of carbonyl (C=O) groups excluding carboxylic acids is 1. The fraction of sp³-hybridized carbons (Fsp3) is 0.111. The van der Waals surface area contributed by atoms with Gasteiger partial charge in [0.2, 0.25) is 0 Å². The van der Waals surface area contributed by atoms with E-state index in [9.17, 15) is 4.79 Å². The Hall–Kier alpha value is -2.68. The molecule has 0 saturated heterocycles. The van der Waals surface area contributed by atoms with Gasteiger partial charge in [-0.05, 0) is 25.5 Å². The van der Waals surface area contributed by atoms with Crippen molar-refractivity contribution in [3.8, 4) is 0 Å². The summed E-state index contributed by atoms with van der Waals surface area (Å²) in [5, 5.41) is 3.91. The maximum atomic E-state index is 11.9. The van der Waals surface area contributed by atoms with Crippen molar-refractivity contribution in [3.63, 3.8) is 0 Å². The summed E-state index contributed by atoms with van der Waals surface area (Å²) in [6, 6.07) is 15.8. The van der Waals surface area contributed by atoms with E-state index in [1.807, 2.05) is 68.5 Å². The Bertz CT molecular complexity index is 738. The standard InChI is InChI=1S/C18H15NO2/c1-12-3-7-14(8-4-12)11-16-17(19-21-18(16)20)15-9-5-13(2)6-10-15/h3-11H,1-2H3/b16-11-. The molecule has 2 aromatic carbocycles. The molecule has 0 atom stereocenters. The van der Waals surface area contributed by atoms with Gasteiger partial charge in [-0.2, -0.15) is 0 Å². The van der Waals surface area contributed by atoms with Crippen LogP contribution in [0.2, 0.25) is 0 Å². The van der Waals surface area contributed by atoms with E-state index in [2.05, 4.69) is 5.16 Å². The van der Waals surface area contributed by atoms with Crippen LogP contribution in [0.1, 0.15) is 22.3 Å². The van der Waals surface area contributed by atoms with Crippen LogP contribution in [0.4, 0.5) is 0 Å². The van der Waals surface area contributed by atoms with Crippen LogP contribution in [0.5, 0.6) is 0 Å². The topological polar surface area (TPSA) is 38.7 Å². The van der Waals surface area contributed by atoms with Crippen molar-refractivity contribution >= 4 is 17.8 Å². The van der Waals surface area contributed by atoms with Gasteiger partial charge in [-0.3, -0.25) is 0 Å². The molecule has 3 heteroatoms. The zero-order valence-electron chi connectivity index (χ0n) is 12.0. The number of hydrogen-bond acceptors (Lipinski definition) is 3. The average Bonchev–Trinajstić information content (AvgIpc) is 2.84. The first-order chi connectivity index (χ1) is 10.1. The minimum absolute atomic E-state index is 0.411. The SMILES string of the molecule is Cc1ccc(/C=C2\C(=O)ON=C2c2ccc(C)cc2)cc1. The number of hydrogen-bond donors (Lipinski definition) is 0. The van der Waals surface area contributed by atoms with Gasteiger partial charge in [0.25, 0.3) is 0 Å². The van der Waals surface area contributed by atoms with E-state index in [4.69, 9.17) is 4.84 Å². The van der Waals surface area contributed by atoms with Gasteiger partial charge in [0.1, 0.15) is 5.71 Å². The first-order valence-corrected chi connectivity index (χ1v) is 6.78. The highest BCUT2D eigenvalue weighted by molar-refractivity contribution is 6.31. The largest absolute Gasteiger partial charge is 0.368 e. The third-order valence-electron chi connectivity index (χ3n) is 3.41. The number of oxime groups is 1. The molecule has 3 nitrogen and oxygen atoms in total. The van der Waals surface area contributed by atoms with Crippen LogP contribution < -0.4 is 0 Å². The van der Waals surface area contributed by atoms with E-state index in [-0.39, 0.29) is 0 Å². The van der Waals surface area contributed by atoms with E-state index < -0.39 is 5.97 Å². The molecule has 0 aliphatic carbocycles. The van der Waals surface area contributed by atoms with Gasteiger partial charge in [-0.1, -0.05) is 64.8 Å². The molecule has 0 N–H and O–H groups in total. The summed E-state index contributed by atoms with van der Waals surface area (Å²) in [6.07, 6.45) is 1.81. The Balaban J connectivity index is 1.99. The van der Waals surface area contributed by atoms with Crippen molar-refractivity contribution in [1.82, 2.24) is 0 Å². The first kappa shape index (κ1) is 13.3. The Morgan fingerprint density at radius 2 is 1.48 bits per heavy atom. The van der Waals surface area contributed by atoms with Crippen molar-refractivity contribution in [3.05, 3.63) is 76.4 Å². The summed E-state index contributed by atoms with van der Waals surface area (Å²) in [4.78, 5) is 16.7. The second-order valence-electron chi connectivity index (χ2n) is 5.15. The van der Waals surface area contributed by atoms with Gasteiger partial charge in [0.05, 0.1) is 5.57 Å². The molecule has 1 aliphatic rings. The van der Waals surface area contributed by atoms with Crippen molar-refractivity contribution in [2.45, 2.75) is 13.8 Å². The van der Waals surface area contributed by atoms with Crippen LogP contribution >= 0.6 is 0 Å². The number of rotatable bonds is 2. The van der Waals surface area contributed by atoms with E-state index >= 15 is 0 Å². The van der Waals surface area contributed by atoms with E-state index in [0.29, 0.717) is 11.3 Å². The molecule has 0 amide bonds. The van der Waals surface area contributed by atoms with Crippen molar-refractivity contribution < 1.29 is 9.63 Å². The van der Waals surface area contributed by atoms with Crippen LogP contribution in [-0.4, -0.2) is 11.7 Å². The minimum atomic E-state index is -0.411. The molecule has 1 aliphatic heterocycles. The third kappa shape index (κ3) is 2.77. The van der Waals surface area contributed by atoms with Crippen molar-refractivity contribution in [2.75, 3.05) is 0 Å². The van der Waals surface area contributed by atoms with Gasteiger partial charge in [-0.25, -0.2) is 4.79 Å². The Morgan fingerprint density at radius 3 is 2.10 bits per heavy atom. The summed E-state index contributed by atoms with van der Waals surface area (Å²) in [7, 11) is 0. The van der Waals surface area contributed by atoms with E-state index in [1.54, 1.807) is 0 Å². The fourth-order valence-electron chi connectivity index (χ4n) is 2.16. The molecule has 0 radical (unpaired) electrons. The molecule has 0 unspecified atom stereocenters. The number of carbonyl (C=O) groups is 1. The maximum absolute atomic E-state index is 11.9. The summed E-state index contributed by atoms with van der Waals surface area (Å²) < 4.78 is 0. The third-order valence-corrected chi connectivity index (χ3v) is 3.41. The highest BCUT2D eigenvalue weighted by atomic mass is 16.7. The van der Waals surface area contributed by atoms with Crippen LogP contribution in [0.25, 0.3) is 6.08 Å². The number of benzene rings is 2. The quantitative estimate of drug-likeness (QED) is 0.621. The molecule has 0 spiro atoms. The zero-order chi connectivity index (χ0) is 14.8. The van der Waals surface area contributed by atoms with Crippen molar-refractivity contribution in [2.24, 2.45) is 5.16 Å². The second kappa shape index (κ2) is 5.37. The lowest BCUT2D eigenvalue weighted by atomic mass is 9.99. The van der Waals surface area contributed by atoms with Crippen molar-refractivity contribution in [1.29, 1.82) is 0 Å². The molecular formula is C18H15NO2. The lowest BCUT2D eigenvalue weighted by Gasteiger charge is -2.02. The summed E-state index contributed by atoms with van der Waals surface area (Å²) >= 11 is 0. The maximum Gasteiger partial charge on any atom is 0.368 e.